The molecule has 3 unspecified atom stereocenters. The van der Waals surface area contributed by atoms with Crippen LogP contribution in [0, 0.1) is 11.8 Å². The molecule has 0 aliphatic heterocycles. The lowest BCUT2D eigenvalue weighted by Crippen LogP contribution is -2.43. The Kier molecular flexibility index (Phi) is 8.99. The number of hydrogen-bond donors (Lipinski definition) is 2. The van der Waals surface area contributed by atoms with E-state index in [9.17, 15) is 0 Å². The zero-order valence-electron chi connectivity index (χ0n) is 12.5. The van der Waals surface area contributed by atoms with E-state index in [1.807, 2.05) is 7.05 Å². The van der Waals surface area contributed by atoms with Crippen molar-refractivity contribution in [2.45, 2.75) is 65.5 Å². The van der Waals surface area contributed by atoms with E-state index in [1.54, 1.807) is 0 Å². The molecule has 0 aromatic heterocycles. The molecule has 0 saturated heterocycles. The van der Waals surface area contributed by atoms with Crippen molar-refractivity contribution in [2.24, 2.45) is 16.8 Å². The van der Waals surface area contributed by atoms with Crippen LogP contribution in [0.2, 0.25) is 0 Å². The van der Waals surface area contributed by atoms with E-state index in [1.165, 1.54) is 25.7 Å². The summed E-state index contributed by atoms with van der Waals surface area (Å²) < 4.78 is 0. The number of rotatable bonds is 6. The van der Waals surface area contributed by atoms with Crippen LogP contribution >= 0.6 is 24.0 Å². The van der Waals surface area contributed by atoms with Gasteiger partial charge in [0.25, 0.3) is 0 Å². The molecule has 0 heterocycles. The van der Waals surface area contributed by atoms with Gasteiger partial charge in [-0.05, 0) is 31.6 Å². The minimum atomic E-state index is 0. The van der Waals surface area contributed by atoms with E-state index < -0.39 is 0 Å². The normalized spacial score (nSPS) is 24.4. The third-order valence-electron chi connectivity index (χ3n) is 3.46. The van der Waals surface area contributed by atoms with Gasteiger partial charge in [-0.1, -0.05) is 33.6 Å². The zero-order chi connectivity index (χ0) is 12.8. The molecule has 1 fully saturated rings. The van der Waals surface area contributed by atoms with Gasteiger partial charge in [-0.15, -0.1) is 24.0 Å². The molecule has 1 saturated carbocycles. The zero-order valence-corrected chi connectivity index (χ0v) is 14.8. The monoisotopic (exact) mass is 367 g/mol. The fraction of sp³-hybridized carbons (Fsp3) is 0.929. The molecule has 1 rings (SSSR count). The van der Waals surface area contributed by atoms with E-state index in [0.717, 1.165) is 17.8 Å². The Morgan fingerprint density at radius 1 is 1.28 bits per heavy atom. The highest BCUT2D eigenvalue weighted by Crippen LogP contribution is 2.28. The standard InChI is InChI=1S/C14H29N3.HI/c1-10(2)7-6-8-12(4)16-14(15-5)17-13-9-11(13)3;/h10-13H,6-9H2,1-5H3,(H2,15,16,17);1H. The van der Waals surface area contributed by atoms with Crippen molar-refractivity contribution < 1.29 is 0 Å². The molecule has 3 nitrogen and oxygen atoms in total. The average Bonchev–Trinajstić information content (AvgIpc) is 2.92. The molecule has 1 aliphatic rings. The summed E-state index contributed by atoms with van der Waals surface area (Å²) in [5, 5.41) is 6.93. The number of nitrogens with zero attached hydrogens (tertiary/aromatic N) is 1. The van der Waals surface area contributed by atoms with Gasteiger partial charge in [0.2, 0.25) is 0 Å². The minimum absolute atomic E-state index is 0. The fourth-order valence-corrected chi connectivity index (χ4v) is 2.01. The van der Waals surface area contributed by atoms with Gasteiger partial charge < -0.3 is 10.6 Å². The van der Waals surface area contributed by atoms with Crippen molar-refractivity contribution in [1.29, 1.82) is 0 Å². The van der Waals surface area contributed by atoms with Gasteiger partial charge in [-0.3, -0.25) is 4.99 Å². The topological polar surface area (TPSA) is 36.4 Å². The fourth-order valence-electron chi connectivity index (χ4n) is 2.01. The second kappa shape index (κ2) is 8.99. The predicted octanol–water partition coefficient (Wildman–Crippen LogP) is 3.39. The smallest absolute Gasteiger partial charge is 0.191 e. The van der Waals surface area contributed by atoms with Gasteiger partial charge in [-0.2, -0.15) is 0 Å². The lowest BCUT2D eigenvalue weighted by Gasteiger charge is -2.18. The van der Waals surface area contributed by atoms with Crippen molar-refractivity contribution in [2.75, 3.05) is 7.05 Å². The summed E-state index contributed by atoms with van der Waals surface area (Å²) in [4.78, 5) is 4.28. The van der Waals surface area contributed by atoms with Gasteiger partial charge in [0.1, 0.15) is 0 Å². The largest absolute Gasteiger partial charge is 0.354 e. The van der Waals surface area contributed by atoms with Crippen LogP contribution in [0.1, 0.15) is 53.4 Å². The maximum absolute atomic E-state index is 4.28. The summed E-state index contributed by atoms with van der Waals surface area (Å²) in [6, 6.07) is 1.15. The van der Waals surface area contributed by atoms with Gasteiger partial charge in [-0.25, -0.2) is 0 Å². The Labute approximate surface area is 130 Å². The van der Waals surface area contributed by atoms with E-state index in [-0.39, 0.29) is 24.0 Å². The van der Waals surface area contributed by atoms with Gasteiger partial charge in [0.05, 0.1) is 0 Å². The molecule has 0 spiro atoms. The number of aliphatic imine (C=N–C) groups is 1. The van der Waals surface area contributed by atoms with Crippen LogP contribution in [0.4, 0.5) is 0 Å². The third-order valence-corrected chi connectivity index (χ3v) is 3.46. The quantitative estimate of drug-likeness (QED) is 0.429. The van der Waals surface area contributed by atoms with Crippen LogP contribution in [0.15, 0.2) is 4.99 Å². The van der Waals surface area contributed by atoms with Crippen molar-refractivity contribution >= 4 is 29.9 Å². The van der Waals surface area contributed by atoms with Gasteiger partial charge >= 0.3 is 0 Å². The third kappa shape index (κ3) is 7.44. The summed E-state index contributed by atoms with van der Waals surface area (Å²) >= 11 is 0. The minimum Gasteiger partial charge on any atom is -0.354 e. The van der Waals surface area contributed by atoms with Crippen molar-refractivity contribution in [3.05, 3.63) is 0 Å². The molecule has 18 heavy (non-hydrogen) atoms. The lowest BCUT2D eigenvalue weighted by molar-refractivity contribution is 0.491. The van der Waals surface area contributed by atoms with Crippen molar-refractivity contribution in [3.8, 4) is 0 Å². The highest BCUT2D eigenvalue weighted by Gasteiger charge is 2.33. The Bertz CT molecular complexity index is 253. The van der Waals surface area contributed by atoms with Gasteiger partial charge in [0.15, 0.2) is 5.96 Å². The molecule has 0 radical (unpaired) electrons. The summed E-state index contributed by atoms with van der Waals surface area (Å²) in [5.74, 6) is 2.59. The second-order valence-corrected chi connectivity index (χ2v) is 5.91. The van der Waals surface area contributed by atoms with Crippen LogP contribution < -0.4 is 10.6 Å². The highest BCUT2D eigenvalue weighted by molar-refractivity contribution is 14.0. The molecule has 0 bridgehead atoms. The summed E-state index contributed by atoms with van der Waals surface area (Å²) in [6.45, 7) is 9.08. The van der Waals surface area contributed by atoms with E-state index in [2.05, 4.69) is 43.3 Å². The van der Waals surface area contributed by atoms with Crippen LogP contribution in [0.25, 0.3) is 0 Å². The van der Waals surface area contributed by atoms with Crippen molar-refractivity contribution in [3.63, 3.8) is 0 Å². The molecule has 2 N–H and O–H groups in total. The first kappa shape index (κ1) is 18.0. The molecule has 108 valence electrons. The Morgan fingerprint density at radius 3 is 2.33 bits per heavy atom. The summed E-state index contributed by atoms with van der Waals surface area (Å²) in [5.41, 5.74) is 0. The molecule has 0 aromatic carbocycles. The summed E-state index contributed by atoms with van der Waals surface area (Å²) in [7, 11) is 1.85. The van der Waals surface area contributed by atoms with Crippen LogP contribution in [-0.2, 0) is 0 Å². The second-order valence-electron chi connectivity index (χ2n) is 5.91. The van der Waals surface area contributed by atoms with Crippen LogP contribution in [0.5, 0.6) is 0 Å². The molecule has 1 aliphatic carbocycles. The first-order valence-corrected chi connectivity index (χ1v) is 7.02. The first-order valence-electron chi connectivity index (χ1n) is 7.02. The number of halogens is 1. The Morgan fingerprint density at radius 2 is 1.89 bits per heavy atom. The Balaban J connectivity index is 0.00000289. The molecule has 0 amide bonds. The SMILES string of the molecule is CN=C(NC(C)CCCC(C)C)NC1CC1C.I. The molecule has 4 heteroatoms. The number of guanidine groups is 1. The molecular weight excluding hydrogens is 337 g/mol. The summed E-state index contributed by atoms with van der Waals surface area (Å²) in [6.07, 6.45) is 5.11. The van der Waals surface area contributed by atoms with Crippen molar-refractivity contribution in [1.82, 2.24) is 10.6 Å². The Hall–Kier alpha value is 0. The number of hydrogen-bond acceptors (Lipinski definition) is 1. The molecular formula is C14H30IN3. The maximum atomic E-state index is 4.28. The predicted molar refractivity (Wildman–Crippen MR) is 90.8 cm³/mol. The lowest BCUT2D eigenvalue weighted by atomic mass is 10.0. The van der Waals surface area contributed by atoms with E-state index in [0.29, 0.717) is 12.1 Å². The first-order chi connectivity index (χ1) is 8.02. The van der Waals surface area contributed by atoms with Gasteiger partial charge in [0, 0.05) is 19.1 Å². The van der Waals surface area contributed by atoms with Crippen LogP contribution in [-0.4, -0.2) is 25.1 Å². The van der Waals surface area contributed by atoms with E-state index in [4.69, 9.17) is 0 Å². The van der Waals surface area contributed by atoms with E-state index >= 15 is 0 Å². The van der Waals surface area contributed by atoms with Crippen LogP contribution in [0.3, 0.4) is 0 Å². The molecule has 0 aromatic rings. The maximum Gasteiger partial charge on any atom is 0.191 e. The molecule has 3 atom stereocenters. The average molecular weight is 367 g/mol. The highest BCUT2D eigenvalue weighted by atomic mass is 127. The number of nitrogens with one attached hydrogen (secondary N) is 2.